The van der Waals surface area contributed by atoms with E-state index in [0.29, 0.717) is 37.8 Å². The van der Waals surface area contributed by atoms with Crippen LogP contribution in [-0.4, -0.2) is 43.5 Å². The molecule has 0 bridgehead atoms. The molecule has 0 unspecified atom stereocenters. The highest BCUT2D eigenvalue weighted by Gasteiger charge is 2.30. The molecule has 0 saturated heterocycles. The SMILES string of the molecule is Cc1c(CC(=O)c2nc3c(n2C)CCN(C(=O)OC(C)(C)C)C3)cccc1-c1cccc(-c2nc3c(o2)CNC3)c1C. The first-order valence-corrected chi connectivity index (χ1v) is 14.4. The molecule has 4 heterocycles. The fraction of sp³-hybridized carbons (Fsp3) is 0.394. The van der Waals surface area contributed by atoms with Crippen molar-refractivity contribution in [2.75, 3.05) is 6.54 Å². The van der Waals surface area contributed by atoms with E-state index in [-0.39, 0.29) is 18.3 Å². The number of benzene rings is 2. The topological polar surface area (TPSA) is 102 Å². The summed E-state index contributed by atoms with van der Waals surface area (Å²) in [7, 11) is 1.88. The molecule has 218 valence electrons. The summed E-state index contributed by atoms with van der Waals surface area (Å²) in [6.45, 7) is 12.0. The molecule has 9 heteroatoms. The fourth-order valence-corrected chi connectivity index (χ4v) is 5.91. The Morgan fingerprint density at radius 2 is 1.69 bits per heavy atom. The molecule has 9 nitrogen and oxygen atoms in total. The number of carbonyl (C=O) groups excluding carboxylic acids is 2. The number of aromatic nitrogens is 3. The van der Waals surface area contributed by atoms with E-state index >= 15 is 0 Å². The third-order valence-corrected chi connectivity index (χ3v) is 8.16. The lowest BCUT2D eigenvalue weighted by Crippen LogP contribution is -2.40. The molecule has 0 atom stereocenters. The van der Waals surface area contributed by atoms with E-state index in [1.807, 2.05) is 56.7 Å². The van der Waals surface area contributed by atoms with Gasteiger partial charge in [0.2, 0.25) is 11.7 Å². The first-order chi connectivity index (χ1) is 20.0. The van der Waals surface area contributed by atoms with E-state index in [4.69, 9.17) is 19.1 Å². The van der Waals surface area contributed by atoms with E-state index in [9.17, 15) is 9.59 Å². The third-order valence-electron chi connectivity index (χ3n) is 8.16. The number of ketones is 1. The van der Waals surface area contributed by atoms with Crippen molar-refractivity contribution in [3.05, 3.63) is 81.8 Å². The first kappa shape index (κ1) is 27.9. The number of carbonyl (C=O) groups is 2. The minimum Gasteiger partial charge on any atom is -0.444 e. The largest absolute Gasteiger partial charge is 0.444 e. The van der Waals surface area contributed by atoms with E-state index in [1.165, 1.54) is 0 Å². The zero-order valence-corrected chi connectivity index (χ0v) is 25.1. The molecular formula is C33H37N5O4. The number of hydrogen-bond donors (Lipinski definition) is 1. The van der Waals surface area contributed by atoms with Gasteiger partial charge in [-0.25, -0.2) is 14.8 Å². The predicted octanol–water partition coefficient (Wildman–Crippen LogP) is 5.68. The van der Waals surface area contributed by atoms with Gasteiger partial charge in [-0.3, -0.25) is 4.79 Å². The minimum absolute atomic E-state index is 0.0515. The number of amides is 1. The Kier molecular flexibility index (Phi) is 7.01. The Morgan fingerprint density at radius 3 is 2.43 bits per heavy atom. The molecule has 6 rings (SSSR count). The molecular weight excluding hydrogens is 530 g/mol. The van der Waals surface area contributed by atoms with Crippen molar-refractivity contribution in [2.24, 2.45) is 7.05 Å². The van der Waals surface area contributed by atoms with Gasteiger partial charge >= 0.3 is 6.09 Å². The molecule has 1 N–H and O–H groups in total. The summed E-state index contributed by atoms with van der Waals surface area (Å²) < 4.78 is 13.5. The van der Waals surface area contributed by atoms with Crippen molar-refractivity contribution in [3.63, 3.8) is 0 Å². The Morgan fingerprint density at radius 1 is 0.976 bits per heavy atom. The minimum atomic E-state index is -0.567. The lowest BCUT2D eigenvalue weighted by molar-refractivity contribution is 0.0220. The average Bonchev–Trinajstić information content (AvgIpc) is 3.63. The maximum absolute atomic E-state index is 13.6. The van der Waals surface area contributed by atoms with Crippen LogP contribution in [0.2, 0.25) is 0 Å². The van der Waals surface area contributed by atoms with Gasteiger partial charge in [-0.05, 0) is 68.5 Å². The van der Waals surface area contributed by atoms with Gasteiger partial charge in [-0.2, -0.15) is 0 Å². The van der Waals surface area contributed by atoms with E-state index in [2.05, 4.69) is 31.3 Å². The predicted molar refractivity (Wildman–Crippen MR) is 159 cm³/mol. The molecule has 0 spiro atoms. The van der Waals surface area contributed by atoms with Gasteiger partial charge in [0.1, 0.15) is 11.4 Å². The Labute approximate surface area is 245 Å². The van der Waals surface area contributed by atoms with E-state index in [1.54, 1.807) is 4.90 Å². The first-order valence-electron chi connectivity index (χ1n) is 14.4. The molecule has 2 aliphatic rings. The molecule has 1 amide bonds. The maximum atomic E-state index is 13.6. The smallest absolute Gasteiger partial charge is 0.410 e. The van der Waals surface area contributed by atoms with Gasteiger partial charge in [-0.1, -0.05) is 30.3 Å². The van der Waals surface area contributed by atoms with Crippen molar-refractivity contribution >= 4 is 11.9 Å². The molecule has 0 aliphatic carbocycles. The summed E-state index contributed by atoms with van der Waals surface area (Å²) in [5, 5.41) is 3.26. The molecule has 2 aliphatic heterocycles. The van der Waals surface area contributed by atoms with Crippen molar-refractivity contribution < 1.29 is 18.7 Å². The number of rotatable bonds is 5. The molecule has 0 radical (unpaired) electrons. The number of Topliss-reactive ketones (excluding diaryl/α,β-unsaturated/α-hetero) is 1. The van der Waals surface area contributed by atoms with Crippen LogP contribution in [0.1, 0.15) is 70.9 Å². The van der Waals surface area contributed by atoms with Crippen LogP contribution in [0.4, 0.5) is 4.79 Å². The molecule has 2 aromatic heterocycles. The number of ether oxygens (including phenoxy) is 1. The lowest BCUT2D eigenvalue weighted by atomic mass is 9.90. The van der Waals surface area contributed by atoms with E-state index in [0.717, 1.165) is 62.8 Å². The van der Waals surface area contributed by atoms with Gasteiger partial charge in [-0.15, -0.1) is 0 Å². The van der Waals surface area contributed by atoms with E-state index < -0.39 is 5.60 Å². The standard InChI is InChI=1S/C33H37N5O4/c1-19-21(15-28(39)30-35-26-18-38(14-13-27(26)37(30)6)32(40)42-33(3,4)5)9-7-10-22(19)23-11-8-12-24(20(23)2)31-36-25-16-34-17-29(25)41-31/h7-12,34H,13-18H2,1-6H3. The van der Waals surface area contributed by atoms with Crippen LogP contribution in [0.5, 0.6) is 0 Å². The van der Waals surface area contributed by atoms with Crippen molar-refractivity contribution in [2.45, 2.75) is 72.7 Å². The fourth-order valence-electron chi connectivity index (χ4n) is 5.91. The second-order valence-corrected chi connectivity index (χ2v) is 12.2. The third kappa shape index (κ3) is 5.13. The number of nitrogens with one attached hydrogen (secondary N) is 1. The van der Waals surface area contributed by atoms with Gasteiger partial charge in [0, 0.05) is 44.2 Å². The summed E-state index contributed by atoms with van der Waals surface area (Å²) in [5.41, 5.74) is 8.39. The highest BCUT2D eigenvalue weighted by atomic mass is 16.6. The number of fused-ring (bicyclic) bond motifs is 2. The van der Waals surface area contributed by atoms with Crippen LogP contribution < -0.4 is 5.32 Å². The molecule has 4 aromatic rings. The number of hydrogen-bond acceptors (Lipinski definition) is 7. The Bertz CT molecular complexity index is 1690. The van der Waals surface area contributed by atoms with Crippen molar-refractivity contribution in [1.82, 2.24) is 24.8 Å². The quantitative estimate of drug-likeness (QED) is 0.310. The van der Waals surface area contributed by atoms with Crippen LogP contribution in [0.3, 0.4) is 0 Å². The van der Waals surface area contributed by atoms with Crippen LogP contribution in [0.25, 0.3) is 22.6 Å². The highest BCUT2D eigenvalue weighted by Crippen LogP contribution is 2.35. The van der Waals surface area contributed by atoms with Gasteiger partial charge < -0.3 is 23.9 Å². The Balaban J connectivity index is 1.24. The summed E-state index contributed by atoms with van der Waals surface area (Å²) in [6, 6.07) is 12.3. The summed E-state index contributed by atoms with van der Waals surface area (Å²) in [5.74, 6) is 1.92. The second-order valence-electron chi connectivity index (χ2n) is 12.2. The van der Waals surface area contributed by atoms with Crippen molar-refractivity contribution in [3.8, 4) is 22.6 Å². The van der Waals surface area contributed by atoms with Gasteiger partial charge in [0.05, 0.1) is 24.5 Å². The molecule has 0 fully saturated rings. The number of oxazole rings is 1. The van der Waals surface area contributed by atoms with Crippen LogP contribution in [0.15, 0.2) is 40.8 Å². The lowest BCUT2D eigenvalue weighted by Gasteiger charge is -2.29. The maximum Gasteiger partial charge on any atom is 0.410 e. The summed E-state index contributed by atoms with van der Waals surface area (Å²) in [6.07, 6.45) is 0.499. The molecule has 2 aromatic carbocycles. The van der Waals surface area contributed by atoms with Crippen molar-refractivity contribution in [1.29, 1.82) is 0 Å². The summed E-state index contributed by atoms with van der Waals surface area (Å²) >= 11 is 0. The van der Waals surface area contributed by atoms with Gasteiger partial charge in [0.25, 0.3) is 0 Å². The zero-order chi connectivity index (χ0) is 29.8. The highest BCUT2D eigenvalue weighted by molar-refractivity contribution is 5.95. The van der Waals surface area contributed by atoms with Crippen LogP contribution >= 0.6 is 0 Å². The number of nitrogens with zero attached hydrogens (tertiary/aromatic N) is 4. The van der Waals surface area contributed by atoms with Crippen LogP contribution in [0, 0.1) is 13.8 Å². The zero-order valence-electron chi connectivity index (χ0n) is 25.1. The molecule has 0 saturated carbocycles. The number of imidazole rings is 1. The normalized spacial score (nSPS) is 14.6. The van der Waals surface area contributed by atoms with Crippen LogP contribution in [-0.2, 0) is 44.3 Å². The second kappa shape index (κ2) is 10.5. The Hall–Kier alpha value is -4.24. The monoisotopic (exact) mass is 567 g/mol. The van der Waals surface area contributed by atoms with Gasteiger partial charge in [0.15, 0.2) is 5.82 Å². The summed E-state index contributed by atoms with van der Waals surface area (Å²) in [4.78, 5) is 37.3. The average molecular weight is 568 g/mol. The molecule has 42 heavy (non-hydrogen) atoms.